The standard InChI is InChI=1S/C30H22N8O3/c1-18(34-29(40)25-26(31)36-37-16-6-15-32-28(25)37)27-35-22-10-5-7-20(13-11-19-12-14-23(39)33-17-19)24(22)30(41)38(27)21-8-3-2-4-9-21/h2-10,12,14-18H,1H3,(H2,31,36)(H,33,39)(H,34,40). The van der Waals surface area contributed by atoms with Gasteiger partial charge in [-0.3, -0.25) is 19.0 Å². The lowest BCUT2D eigenvalue weighted by atomic mass is 10.1. The van der Waals surface area contributed by atoms with Gasteiger partial charge >= 0.3 is 0 Å². The van der Waals surface area contributed by atoms with Gasteiger partial charge in [0.2, 0.25) is 5.56 Å². The summed E-state index contributed by atoms with van der Waals surface area (Å²) in [5.41, 5.74) is 7.97. The van der Waals surface area contributed by atoms with E-state index in [0.717, 1.165) is 0 Å². The minimum Gasteiger partial charge on any atom is -0.381 e. The Kier molecular flexibility index (Phi) is 6.33. The number of hydrogen-bond donors (Lipinski definition) is 3. The number of carbonyl (C=O) groups excluding carboxylic acids is 1. The van der Waals surface area contributed by atoms with E-state index >= 15 is 0 Å². The van der Waals surface area contributed by atoms with Gasteiger partial charge in [0.05, 0.1) is 22.6 Å². The van der Waals surface area contributed by atoms with Crippen LogP contribution in [0.15, 0.2) is 94.9 Å². The lowest BCUT2D eigenvalue weighted by Crippen LogP contribution is -2.33. The highest BCUT2D eigenvalue weighted by Gasteiger charge is 2.24. The number of para-hydroxylation sites is 1. The first-order valence-corrected chi connectivity index (χ1v) is 12.6. The maximum Gasteiger partial charge on any atom is 0.267 e. The molecule has 0 aliphatic rings. The van der Waals surface area contributed by atoms with Crippen LogP contribution in [0.3, 0.4) is 0 Å². The Labute approximate surface area is 232 Å². The third-order valence-corrected chi connectivity index (χ3v) is 6.45. The molecule has 0 aliphatic carbocycles. The molecule has 0 saturated carbocycles. The van der Waals surface area contributed by atoms with Gasteiger partial charge in [-0.2, -0.15) is 0 Å². The zero-order valence-electron chi connectivity index (χ0n) is 21.7. The number of aromatic amines is 1. The monoisotopic (exact) mass is 542 g/mol. The van der Waals surface area contributed by atoms with E-state index in [1.165, 1.54) is 21.3 Å². The fourth-order valence-electron chi connectivity index (χ4n) is 4.55. The molecule has 0 radical (unpaired) electrons. The smallest absolute Gasteiger partial charge is 0.267 e. The van der Waals surface area contributed by atoms with Crippen LogP contribution in [0.5, 0.6) is 0 Å². The number of amides is 1. The van der Waals surface area contributed by atoms with E-state index in [2.05, 4.69) is 32.2 Å². The molecule has 1 unspecified atom stereocenters. The number of carbonyl (C=O) groups is 1. The number of rotatable bonds is 4. The number of anilines is 1. The highest BCUT2D eigenvalue weighted by atomic mass is 16.2. The second kappa shape index (κ2) is 10.3. The van der Waals surface area contributed by atoms with Crippen molar-refractivity contribution >= 4 is 28.3 Å². The molecule has 0 bridgehead atoms. The Morgan fingerprint density at radius 3 is 2.63 bits per heavy atom. The molecule has 2 aromatic carbocycles. The van der Waals surface area contributed by atoms with E-state index in [4.69, 9.17) is 10.7 Å². The zero-order chi connectivity index (χ0) is 28.5. The van der Waals surface area contributed by atoms with Gasteiger partial charge in [0.1, 0.15) is 11.4 Å². The summed E-state index contributed by atoms with van der Waals surface area (Å²) in [6.07, 6.45) is 4.70. The highest BCUT2D eigenvalue weighted by molar-refractivity contribution is 6.04. The first-order valence-electron chi connectivity index (χ1n) is 12.6. The number of nitrogen functional groups attached to an aromatic ring is 1. The molecular formula is C30H22N8O3. The number of fused-ring (bicyclic) bond motifs is 2. The number of benzene rings is 2. The summed E-state index contributed by atoms with van der Waals surface area (Å²) in [6, 6.07) is 18.2. The normalized spacial score (nSPS) is 11.6. The van der Waals surface area contributed by atoms with Crippen LogP contribution in [0.4, 0.5) is 5.82 Å². The summed E-state index contributed by atoms with van der Waals surface area (Å²) >= 11 is 0. The van der Waals surface area contributed by atoms with Crippen LogP contribution in [0, 0.1) is 11.8 Å². The van der Waals surface area contributed by atoms with Gasteiger partial charge in [0.25, 0.3) is 11.5 Å². The molecule has 6 rings (SSSR count). The van der Waals surface area contributed by atoms with Crippen molar-refractivity contribution < 1.29 is 4.79 Å². The molecule has 1 amide bonds. The quantitative estimate of drug-likeness (QED) is 0.290. The second-order valence-electron chi connectivity index (χ2n) is 9.18. The third-order valence-electron chi connectivity index (χ3n) is 6.45. The predicted molar refractivity (Wildman–Crippen MR) is 154 cm³/mol. The van der Waals surface area contributed by atoms with Crippen molar-refractivity contribution in [1.82, 2.24) is 34.4 Å². The van der Waals surface area contributed by atoms with E-state index in [0.29, 0.717) is 39.2 Å². The van der Waals surface area contributed by atoms with E-state index < -0.39 is 11.9 Å². The van der Waals surface area contributed by atoms with Crippen molar-refractivity contribution in [3.8, 4) is 17.5 Å². The van der Waals surface area contributed by atoms with Gasteiger partial charge in [-0.1, -0.05) is 36.1 Å². The molecule has 0 spiro atoms. The number of pyridine rings is 1. The van der Waals surface area contributed by atoms with Crippen molar-refractivity contribution in [2.75, 3.05) is 5.73 Å². The molecule has 6 aromatic rings. The fraction of sp³-hybridized carbons (Fsp3) is 0.0667. The molecule has 4 N–H and O–H groups in total. The summed E-state index contributed by atoms with van der Waals surface area (Å²) in [4.78, 5) is 50.5. The zero-order valence-corrected chi connectivity index (χ0v) is 21.7. The molecule has 0 aliphatic heterocycles. The summed E-state index contributed by atoms with van der Waals surface area (Å²) in [6.45, 7) is 1.74. The van der Waals surface area contributed by atoms with Crippen LogP contribution >= 0.6 is 0 Å². The summed E-state index contributed by atoms with van der Waals surface area (Å²) < 4.78 is 2.90. The van der Waals surface area contributed by atoms with Crippen LogP contribution in [0.25, 0.3) is 22.2 Å². The predicted octanol–water partition coefficient (Wildman–Crippen LogP) is 2.59. The molecular weight excluding hydrogens is 520 g/mol. The van der Waals surface area contributed by atoms with Gasteiger partial charge in [-0.15, -0.1) is 5.10 Å². The maximum atomic E-state index is 14.1. The Morgan fingerprint density at radius 1 is 1.02 bits per heavy atom. The largest absolute Gasteiger partial charge is 0.381 e. The number of nitrogens with zero attached hydrogens (tertiary/aromatic N) is 5. The van der Waals surface area contributed by atoms with Crippen LogP contribution in [-0.2, 0) is 0 Å². The lowest BCUT2D eigenvalue weighted by molar-refractivity contribution is 0.0940. The van der Waals surface area contributed by atoms with Crippen molar-refractivity contribution in [2.24, 2.45) is 0 Å². The Balaban J connectivity index is 1.47. The van der Waals surface area contributed by atoms with Crippen LogP contribution in [0.2, 0.25) is 0 Å². The summed E-state index contributed by atoms with van der Waals surface area (Å²) in [5.74, 6) is 5.87. The Morgan fingerprint density at radius 2 is 1.85 bits per heavy atom. The first kappa shape index (κ1) is 25.3. The molecule has 4 heterocycles. The molecule has 200 valence electrons. The van der Waals surface area contributed by atoms with Gasteiger partial charge in [-0.25, -0.2) is 14.5 Å². The van der Waals surface area contributed by atoms with E-state index in [9.17, 15) is 14.4 Å². The van der Waals surface area contributed by atoms with E-state index in [1.54, 1.807) is 61.8 Å². The molecule has 11 nitrogen and oxygen atoms in total. The number of nitrogens with two attached hydrogens (primary N) is 1. The van der Waals surface area contributed by atoms with Crippen molar-refractivity contribution in [3.63, 3.8) is 0 Å². The van der Waals surface area contributed by atoms with Gasteiger partial charge in [0.15, 0.2) is 11.5 Å². The lowest BCUT2D eigenvalue weighted by Gasteiger charge is -2.20. The SMILES string of the molecule is CC(NC(=O)c1c(N)nn2cccnc12)c1nc2cccc(C#Cc3ccc(=O)[nH]c3)c2c(=O)n1-c1ccccc1. The van der Waals surface area contributed by atoms with Crippen molar-refractivity contribution in [1.29, 1.82) is 0 Å². The van der Waals surface area contributed by atoms with Crippen molar-refractivity contribution in [3.05, 3.63) is 129 Å². The first-order chi connectivity index (χ1) is 19.9. The summed E-state index contributed by atoms with van der Waals surface area (Å²) in [5, 5.41) is 7.39. The average molecular weight is 543 g/mol. The number of aromatic nitrogens is 6. The van der Waals surface area contributed by atoms with Crippen LogP contribution in [0.1, 0.15) is 40.3 Å². The Bertz CT molecular complexity index is 2110. The summed E-state index contributed by atoms with van der Waals surface area (Å²) in [7, 11) is 0. The van der Waals surface area contributed by atoms with E-state index in [1.807, 2.05) is 18.2 Å². The fourth-order valence-corrected chi connectivity index (χ4v) is 4.55. The topological polar surface area (TPSA) is 153 Å². The molecule has 11 heteroatoms. The van der Waals surface area contributed by atoms with E-state index in [-0.39, 0.29) is 22.5 Å². The molecule has 0 fully saturated rings. The third kappa shape index (κ3) is 4.70. The van der Waals surface area contributed by atoms with Crippen LogP contribution < -0.4 is 22.2 Å². The maximum absolute atomic E-state index is 14.1. The van der Waals surface area contributed by atoms with Gasteiger partial charge in [0, 0.05) is 35.8 Å². The Hall–Kier alpha value is -6.02. The average Bonchev–Trinajstić information content (AvgIpc) is 3.32. The molecule has 4 aromatic heterocycles. The molecule has 41 heavy (non-hydrogen) atoms. The minimum absolute atomic E-state index is 0.0334. The molecule has 1 atom stereocenters. The van der Waals surface area contributed by atoms with Crippen molar-refractivity contribution in [2.45, 2.75) is 13.0 Å². The number of hydrogen-bond acceptors (Lipinski definition) is 7. The van der Waals surface area contributed by atoms with Gasteiger partial charge in [-0.05, 0) is 43.3 Å². The van der Waals surface area contributed by atoms with Gasteiger partial charge < -0.3 is 16.0 Å². The molecule has 0 saturated heterocycles. The second-order valence-corrected chi connectivity index (χ2v) is 9.18. The number of H-pyrrole nitrogens is 1. The number of nitrogens with one attached hydrogen (secondary N) is 2. The minimum atomic E-state index is -0.714. The highest BCUT2D eigenvalue weighted by Crippen LogP contribution is 2.22. The van der Waals surface area contributed by atoms with Crippen LogP contribution in [-0.4, -0.2) is 35.0 Å².